The van der Waals surface area contributed by atoms with E-state index < -0.39 is 23.0 Å². The summed E-state index contributed by atoms with van der Waals surface area (Å²) >= 11 is 0. The van der Waals surface area contributed by atoms with E-state index in [9.17, 15) is 19.1 Å². The number of hydrogen-bond acceptors (Lipinski definition) is 5. The maximum absolute atomic E-state index is 13.7. The highest BCUT2D eigenvalue weighted by molar-refractivity contribution is 5.96. The third-order valence-electron chi connectivity index (χ3n) is 3.55. The van der Waals surface area contributed by atoms with Crippen molar-refractivity contribution in [2.24, 2.45) is 0 Å². The number of aromatic hydroxyl groups is 1. The number of rotatable bonds is 1. The van der Waals surface area contributed by atoms with Crippen molar-refractivity contribution in [1.29, 1.82) is 0 Å². The summed E-state index contributed by atoms with van der Waals surface area (Å²) in [6.07, 6.45) is 1.35. The third-order valence-corrected chi connectivity index (χ3v) is 3.55. The van der Waals surface area contributed by atoms with Gasteiger partial charge in [-0.3, -0.25) is 4.79 Å². The van der Waals surface area contributed by atoms with E-state index >= 15 is 0 Å². The molecule has 1 aliphatic heterocycles. The second-order valence-electron chi connectivity index (χ2n) is 4.86. The molecule has 1 unspecified atom stereocenters. The zero-order valence-corrected chi connectivity index (χ0v) is 11.3. The van der Waals surface area contributed by atoms with Gasteiger partial charge in [0.15, 0.2) is 17.3 Å². The van der Waals surface area contributed by atoms with Gasteiger partial charge in [0.1, 0.15) is 12.2 Å². The number of carbonyl (C=O) groups is 1. The van der Waals surface area contributed by atoms with E-state index in [4.69, 9.17) is 4.74 Å². The van der Waals surface area contributed by atoms with Crippen molar-refractivity contribution in [3.8, 4) is 11.5 Å². The van der Waals surface area contributed by atoms with Gasteiger partial charge in [-0.25, -0.2) is 9.18 Å². The zero-order chi connectivity index (χ0) is 15.3. The molecule has 7 heteroatoms. The molecule has 1 aromatic heterocycles. The van der Waals surface area contributed by atoms with Gasteiger partial charge in [0, 0.05) is 6.20 Å². The summed E-state index contributed by atoms with van der Waals surface area (Å²) in [5.74, 6) is -2.50. The number of phenolic OH excluding ortho intramolecular Hbond substituents is 1. The number of ether oxygens (including phenoxy) is 2. The Balaban J connectivity index is 2.51. The molecule has 0 spiro atoms. The van der Waals surface area contributed by atoms with Crippen LogP contribution >= 0.6 is 0 Å². The lowest BCUT2D eigenvalue weighted by atomic mass is 10.1. The highest BCUT2D eigenvalue weighted by Gasteiger charge is 2.27. The Morgan fingerprint density at radius 3 is 2.95 bits per heavy atom. The molecule has 0 amide bonds. The Labute approximate surface area is 118 Å². The Bertz CT molecular complexity index is 826. The lowest BCUT2D eigenvalue weighted by Crippen LogP contribution is -2.27. The van der Waals surface area contributed by atoms with Crippen LogP contribution in [-0.2, 0) is 4.74 Å². The van der Waals surface area contributed by atoms with Crippen molar-refractivity contribution in [2.75, 3.05) is 13.7 Å². The molecular formula is C14H12FNO5. The molecule has 2 heterocycles. The fraction of sp³-hybridized carbons (Fsp3) is 0.286. The molecule has 3 rings (SSSR count). The highest BCUT2D eigenvalue weighted by Crippen LogP contribution is 2.40. The van der Waals surface area contributed by atoms with Crippen molar-refractivity contribution in [3.05, 3.63) is 33.9 Å². The van der Waals surface area contributed by atoms with Crippen LogP contribution in [0.1, 0.15) is 23.3 Å². The van der Waals surface area contributed by atoms with Gasteiger partial charge in [0.2, 0.25) is 5.43 Å². The van der Waals surface area contributed by atoms with Crippen molar-refractivity contribution >= 4 is 16.9 Å². The number of aromatic nitrogens is 1. The minimum atomic E-state index is -0.974. The van der Waals surface area contributed by atoms with E-state index in [0.717, 1.165) is 13.2 Å². The van der Waals surface area contributed by atoms with E-state index in [2.05, 4.69) is 4.74 Å². The van der Waals surface area contributed by atoms with Crippen LogP contribution in [0.25, 0.3) is 10.9 Å². The molecule has 2 aromatic rings. The number of carbonyl (C=O) groups excluding carboxylic acids is 1. The number of pyridine rings is 1. The van der Waals surface area contributed by atoms with Crippen molar-refractivity contribution in [3.63, 3.8) is 0 Å². The molecule has 0 bridgehead atoms. The molecule has 1 N–H and O–H groups in total. The summed E-state index contributed by atoms with van der Waals surface area (Å²) in [4.78, 5) is 24.0. The molecular weight excluding hydrogens is 281 g/mol. The molecule has 6 nitrogen and oxygen atoms in total. The van der Waals surface area contributed by atoms with Crippen molar-refractivity contribution in [1.82, 2.24) is 4.57 Å². The quantitative estimate of drug-likeness (QED) is 0.808. The number of phenols is 1. The fourth-order valence-corrected chi connectivity index (χ4v) is 2.47. The summed E-state index contributed by atoms with van der Waals surface area (Å²) in [5, 5.41) is 9.72. The first-order valence-corrected chi connectivity index (χ1v) is 6.27. The Morgan fingerprint density at radius 1 is 1.57 bits per heavy atom. The maximum Gasteiger partial charge on any atom is 0.343 e. The van der Waals surface area contributed by atoms with Crippen LogP contribution in [0, 0.1) is 5.82 Å². The van der Waals surface area contributed by atoms with E-state index in [1.807, 2.05) is 6.92 Å². The average Bonchev–Trinajstić information content (AvgIpc) is 2.47. The fourth-order valence-electron chi connectivity index (χ4n) is 2.47. The van der Waals surface area contributed by atoms with Crippen LogP contribution in [0.5, 0.6) is 11.5 Å². The highest BCUT2D eigenvalue weighted by atomic mass is 19.1. The first-order chi connectivity index (χ1) is 9.95. The smallest absolute Gasteiger partial charge is 0.343 e. The number of hydrogen-bond donors (Lipinski definition) is 1. The first kappa shape index (κ1) is 13.4. The number of benzene rings is 1. The van der Waals surface area contributed by atoms with Crippen LogP contribution in [-0.4, -0.2) is 29.4 Å². The summed E-state index contributed by atoms with van der Waals surface area (Å²) in [6.45, 7) is 2.00. The number of nitrogens with zero attached hydrogens (tertiary/aromatic N) is 1. The van der Waals surface area contributed by atoms with Gasteiger partial charge in [0.25, 0.3) is 0 Å². The summed E-state index contributed by atoms with van der Waals surface area (Å²) in [5.41, 5.74) is -0.578. The van der Waals surface area contributed by atoms with Gasteiger partial charge in [-0.05, 0) is 13.0 Å². The number of halogens is 1. The van der Waals surface area contributed by atoms with Gasteiger partial charge in [0.05, 0.1) is 24.1 Å². The zero-order valence-electron chi connectivity index (χ0n) is 11.3. The molecule has 21 heavy (non-hydrogen) atoms. The predicted molar refractivity (Wildman–Crippen MR) is 71.4 cm³/mol. The van der Waals surface area contributed by atoms with Crippen LogP contribution in [0.4, 0.5) is 4.39 Å². The van der Waals surface area contributed by atoms with Crippen molar-refractivity contribution in [2.45, 2.75) is 13.0 Å². The molecule has 110 valence electrons. The molecule has 0 radical (unpaired) electrons. The van der Waals surface area contributed by atoms with Gasteiger partial charge in [-0.2, -0.15) is 0 Å². The monoisotopic (exact) mass is 293 g/mol. The average molecular weight is 293 g/mol. The summed E-state index contributed by atoms with van der Waals surface area (Å²) < 4.78 is 25.3. The molecule has 0 aliphatic carbocycles. The number of esters is 1. The summed E-state index contributed by atoms with van der Waals surface area (Å²) in [7, 11) is 1.16. The van der Waals surface area contributed by atoms with Crippen molar-refractivity contribution < 1.29 is 23.8 Å². The lowest BCUT2D eigenvalue weighted by molar-refractivity contribution is 0.0598. The molecule has 1 aromatic carbocycles. The SMILES string of the molecule is COC(=O)c1cn2c3c(c(O)c(F)cc3c1=O)OCC2C. The van der Waals surface area contributed by atoms with Crippen LogP contribution in [0.3, 0.4) is 0 Å². The minimum absolute atomic E-state index is 0.0326. The van der Waals surface area contributed by atoms with E-state index in [0.29, 0.717) is 0 Å². The predicted octanol–water partition coefficient (Wildman–Crippen LogP) is 1.59. The van der Waals surface area contributed by atoms with Gasteiger partial charge >= 0.3 is 5.97 Å². The normalized spacial score (nSPS) is 16.6. The Morgan fingerprint density at radius 2 is 2.29 bits per heavy atom. The third kappa shape index (κ3) is 1.77. The second-order valence-corrected chi connectivity index (χ2v) is 4.86. The van der Waals surface area contributed by atoms with Gasteiger partial charge in [-0.1, -0.05) is 0 Å². The Kier molecular flexibility index (Phi) is 2.86. The molecule has 0 saturated heterocycles. The van der Waals surface area contributed by atoms with Crippen LogP contribution in [0.15, 0.2) is 17.1 Å². The standard InChI is InChI=1S/C14H12FNO5/c1-6-5-21-13-10-7(3-9(15)12(13)18)11(17)8(4-16(6)10)14(19)20-2/h3-4,6,18H,5H2,1-2H3. The van der Waals surface area contributed by atoms with E-state index in [-0.39, 0.29) is 34.9 Å². The van der Waals surface area contributed by atoms with Crippen LogP contribution in [0.2, 0.25) is 0 Å². The lowest BCUT2D eigenvalue weighted by Gasteiger charge is -2.27. The molecule has 1 aliphatic rings. The molecule has 0 saturated carbocycles. The van der Waals surface area contributed by atoms with Gasteiger partial charge < -0.3 is 19.1 Å². The van der Waals surface area contributed by atoms with Crippen LogP contribution < -0.4 is 10.2 Å². The van der Waals surface area contributed by atoms with Gasteiger partial charge in [-0.15, -0.1) is 0 Å². The minimum Gasteiger partial charge on any atom is -0.502 e. The summed E-state index contributed by atoms with van der Waals surface area (Å²) in [6, 6.07) is 0.717. The van der Waals surface area contributed by atoms with E-state index in [1.165, 1.54) is 6.20 Å². The molecule has 0 fully saturated rings. The first-order valence-electron chi connectivity index (χ1n) is 6.27. The molecule has 1 atom stereocenters. The topological polar surface area (TPSA) is 77.8 Å². The number of methoxy groups -OCH3 is 1. The largest absolute Gasteiger partial charge is 0.502 e. The maximum atomic E-state index is 13.7. The van der Waals surface area contributed by atoms with E-state index in [1.54, 1.807) is 4.57 Å². The Hall–Kier alpha value is -2.57. The second kappa shape index (κ2) is 4.47.